The highest BCUT2D eigenvalue weighted by molar-refractivity contribution is 5.81. The van der Waals surface area contributed by atoms with Crippen molar-refractivity contribution in [1.29, 1.82) is 0 Å². The van der Waals surface area contributed by atoms with Gasteiger partial charge in [0.25, 0.3) is 0 Å². The Bertz CT molecular complexity index is 801. The van der Waals surface area contributed by atoms with E-state index in [1.165, 1.54) is 24.5 Å². The topological polar surface area (TPSA) is 30.2 Å². The van der Waals surface area contributed by atoms with Crippen LogP contribution in [0.25, 0.3) is 22.1 Å². The average molecular weight is 254 g/mol. The van der Waals surface area contributed by atoms with Crippen LogP contribution in [0.1, 0.15) is 5.56 Å². The zero-order chi connectivity index (χ0) is 13.4. The van der Waals surface area contributed by atoms with Gasteiger partial charge in [0.15, 0.2) is 0 Å². The minimum absolute atomic E-state index is 0.218. The quantitative estimate of drug-likeness (QED) is 0.659. The van der Waals surface area contributed by atoms with E-state index in [1.54, 1.807) is 0 Å². The highest BCUT2D eigenvalue weighted by Gasteiger charge is 2.09. The van der Waals surface area contributed by atoms with Crippen LogP contribution in [0.3, 0.4) is 0 Å². The number of rotatable bonds is 1. The van der Waals surface area contributed by atoms with Gasteiger partial charge < -0.3 is 4.42 Å². The molecule has 0 fully saturated rings. The van der Waals surface area contributed by atoms with Crippen molar-refractivity contribution in [2.75, 3.05) is 0 Å². The van der Waals surface area contributed by atoms with Crippen LogP contribution in [0.4, 0.5) is 4.39 Å². The van der Waals surface area contributed by atoms with Gasteiger partial charge in [-0.1, -0.05) is 29.8 Å². The minimum Gasteiger partial charge on any atom is -0.463 e. The van der Waals surface area contributed by atoms with Gasteiger partial charge in [0.05, 0.1) is 10.9 Å². The Labute approximate surface area is 109 Å². The molecule has 0 spiro atoms. The molecule has 3 aromatic rings. The number of benzene rings is 2. The molecular formula is C16H11FO2. The summed E-state index contributed by atoms with van der Waals surface area (Å²) in [5.41, 5.74) is 2.50. The van der Waals surface area contributed by atoms with Gasteiger partial charge in [-0.2, -0.15) is 0 Å². The smallest absolute Gasteiger partial charge is 0.200 e. The lowest BCUT2D eigenvalue weighted by Crippen LogP contribution is -2.05. The molecule has 0 N–H and O–H groups in total. The van der Waals surface area contributed by atoms with Gasteiger partial charge in [-0.15, -0.1) is 0 Å². The Morgan fingerprint density at radius 2 is 1.79 bits per heavy atom. The molecule has 1 aromatic heterocycles. The molecule has 3 heteroatoms. The van der Waals surface area contributed by atoms with E-state index in [0.29, 0.717) is 11.1 Å². The monoisotopic (exact) mass is 254 g/mol. The lowest BCUT2D eigenvalue weighted by molar-refractivity contribution is 0.598. The molecular weight excluding hydrogens is 243 g/mol. The van der Waals surface area contributed by atoms with Crippen LogP contribution >= 0.6 is 0 Å². The molecule has 0 saturated heterocycles. The van der Waals surface area contributed by atoms with E-state index in [-0.39, 0.29) is 10.8 Å². The second-order valence-corrected chi connectivity index (χ2v) is 4.49. The maximum absolute atomic E-state index is 13.2. The molecule has 2 nitrogen and oxygen atoms in total. The third kappa shape index (κ3) is 2.03. The maximum atomic E-state index is 13.2. The summed E-state index contributed by atoms with van der Waals surface area (Å²) < 4.78 is 18.6. The van der Waals surface area contributed by atoms with Gasteiger partial charge in [0.2, 0.25) is 5.43 Å². The molecule has 0 aliphatic carbocycles. The molecule has 2 aromatic carbocycles. The average Bonchev–Trinajstić information content (AvgIpc) is 2.41. The van der Waals surface area contributed by atoms with Crippen LogP contribution in [0.15, 0.2) is 57.9 Å². The van der Waals surface area contributed by atoms with Crippen molar-refractivity contribution in [3.63, 3.8) is 0 Å². The van der Waals surface area contributed by atoms with E-state index >= 15 is 0 Å². The lowest BCUT2D eigenvalue weighted by atomic mass is 10.0. The summed E-state index contributed by atoms with van der Waals surface area (Å²) in [6, 6.07) is 11.5. The molecule has 0 aliphatic heterocycles. The van der Waals surface area contributed by atoms with Crippen molar-refractivity contribution in [1.82, 2.24) is 0 Å². The van der Waals surface area contributed by atoms with Crippen LogP contribution in [0.5, 0.6) is 0 Å². The predicted octanol–water partition coefficient (Wildman–Crippen LogP) is 3.91. The third-order valence-corrected chi connectivity index (χ3v) is 3.10. The van der Waals surface area contributed by atoms with Crippen molar-refractivity contribution in [3.05, 3.63) is 70.3 Å². The van der Waals surface area contributed by atoms with Crippen LogP contribution in [-0.2, 0) is 0 Å². The number of halogens is 1. The fraction of sp³-hybridized carbons (Fsp3) is 0.0625. The van der Waals surface area contributed by atoms with Crippen molar-refractivity contribution >= 4 is 11.0 Å². The summed E-state index contributed by atoms with van der Waals surface area (Å²) in [4.78, 5) is 12.3. The summed E-state index contributed by atoms with van der Waals surface area (Å²) in [5, 5.41) is 0.262. The van der Waals surface area contributed by atoms with Gasteiger partial charge >= 0.3 is 0 Å². The largest absolute Gasteiger partial charge is 0.463 e. The van der Waals surface area contributed by atoms with Crippen LogP contribution in [0, 0.1) is 12.7 Å². The predicted molar refractivity (Wildman–Crippen MR) is 72.6 cm³/mol. The molecule has 0 radical (unpaired) electrons. The molecule has 0 unspecified atom stereocenters. The molecule has 0 aliphatic rings. The van der Waals surface area contributed by atoms with E-state index in [1.807, 2.05) is 31.2 Å². The summed E-state index contributed by atoms with van der Waals surface area (Å²) >= 11 is 0. The van der Waals surface area contributed by atoms with Gasteiger partial charge in [0, 0.05) is 0 Å². The molecule has 0 bridgehead atoms. The zero-order valence-electron chi connectivity index (χ0n) is 10.3. The van der Waals surface area contributed by atoms with Gasteiger partial charge in [-0.3, -0.25) is 4.79 Å². The van der Waals surface area contributed by atoms with E-state index in [4.69, 9.17) is 4.42 Å². The molecule has 0 amide bonds. The van der Waals surface area contributed by atoms with Crippen molar-refractivity contribution in [2.24, 2.45) is 0 Å². The minimum atomic E-state index is -0.444. The second kappa shape index (κ2) is 4.35. The Balaban J connectivity index is 2.28. The molecule has 19 heavy (non-hydrogen) atoms. The number of aryl methyl sites for hydroxylation is 1. The van der Waals surface area contributed by atoms with E-state index in [2.05, 4.69) is 0 Å². The Morgan fingerprint density at radius 3 is 2.53 bits per heavy atom. The normalized spacial score (nSPS) is 10.8. The molecule has 0 atom stereocenters. The van der Waals surface area contributed by atoms with Crippen LogP contribution in [0.2, 0.25) is 0 Å². The highest BCUT2D eigenvalue weighted by atomic mass is 19.1. The summed E-state index contributed by atoms with van der Waals surface area (Å²) in [7, 11) is 0. The first-order valence-corrected chi connectivity index (χ1v) is 5.93. The number of hydrogen-bond acceptors (Lipinski definition) is 2. The molecule has 94 valence electrons. The Kier molecular flexibility index (Phi) is 2.67. The van der Waals surface area contributed by atoms with Crippen molar-refractivity contribution in [2.45, 2.75) is 6.92 Å². The Hall–Kier alpha value is -2.42. The third-order valence-electron chi connectivity index (χ3n) is 3.10. The summed E-state index contributed by atoms with van der Waals surface area (Å²) in [6.07, 6.45) is 1.42. The van der Waals surface area contributed by atoms with Crippen LogP contribution in [-0.4, -0.2) is 0 Å². The lowest BCUT2D eigenvalue weighted by Gasteiger charge is -2.03. The first-order chi connectivity index (χ1) is 9.15. The van der Waals surface area contributed by atoms with Gasteiger partial charge in [-0.05, 0) is 30.7 Å². The second-order valence-electron chi connectivity index (χ2n) is 4.49. The van der Waals surface area contributed by atoms with Crippen molar-refractivity contribution in [3.8, 4) is 11.1 Å². The molecule has 1 heterocycles. The summed E-state index contributed by atoms with van der Waals surface area (Å²) in [5.74, 6) is -0.444. The van der Waals surface area contributed by atoms with Gasteiger partial charge in [-0.25, -0.2) is 4.39 Å². The number of fused-ring (bicyclic) bond motifs is 1. The molecule has 3 rings (SSSR count). The SMILES string of the molecule is Cc1ccc(-c2coc3ccc(F)cc3c2=O)cc1. The fourth-order valence-corrected chi connectivity index (χ4v) is 2.04. The maximum Gasteiger partial charge on any atom is 0.200 e. The summed E-state index contributed by atoms with van der Waals surface area (Å²) in [6.45, 7) is 1.97. The van der Waals surface area contributed by atoms with E-state index in [9.17, 15) is 9.18 Å². The standard InChI is InChI=1S/C16H11FO2/c1-10-2-4-11(5-3-10)14-9-19-15-7-6-12(17)8-13(15)16(14)18/h2-9H,1H3. The molecule has 0 saturated carbocycles. The first kappa shape index (κ1) is 11.7. The van der Waals surface area contributed by atoms with Crippen molar-refractivity contribution < 1.29 is 8.81 Å². The fourth-order valence-electron chi connectivity index (χ4n) is 2.04. The Morgan fingerprint density at radius 1 is 1.05 bits per heavy atom. The zero-order valence-corrected chi connectivity index (χ0v) is 10.3. The highest BCUT2D eigenvalue weighted by Crippen LogP contribution is 2.20. The van der Waals surface area contributed by atoms with Crippen LogP contribution < -0.4 is 5.43 Å². The van der Waals surface area contributed by atoms with E-state index in [0.717, 1.165) is 11.1 Å². The first-order valence-electron chi connectivity index (χ1n) is 5.93. The number of hydrogen-bond donors (Lipinski definition) is 0. The van der Waals surface area contributed by atoms with Gasteiger partial charge in [0.1, 0.15) is 17.7 Å². The van der Waals surface area contributed by atoms with E-state index < -0.39 is 5.82 Å².